The number of sulfonamides is 1. The number of benzene rings is 3. The van der Waals surface area contributed by atoms with Gasteiger partial charge in [-0.2, -0.15) is 0 Å². The van der Waals surface area contributed by atoms with Crippen molar-refractivity contribution in [3.63, 3.8) is 0 Å². The van der Waals surface area contributed by atoms with Gasteiger partial charge in [0.1, 0.15) is 23.3 Å². The Morgan fingerprint density at radius 2 is 1.67 bits per heavy atom. The molecule has 0 fully saturated rings. The number of para-hydroxylation sites is 1. The van der Waals surface area contributed by atoms with Crippen LogP contribution in [0.4, 0.5) is 5.69 Å². The highest BCUT2D eigenvalue weighted by atomic mass is 79.9. The predicted molar refractivity (Wildman–Crippen MR) is 133 cm³/mol. The first-order valence-corrected chi connectivity index (χ1v) is 13.1. The van der Waals surface area contributed by atoms with E-state index in [0.717, 1.165) is 15.6 Å². The van der Waals surface area contributed by atoms with Gasteiger partial charge in [-0.3, -0.25) is 0 Å². The molecule has 0 saturated carbocycles. The van der Waals surface area contributed by atoms with Crippen molar-refractivity contribution in [1.29, 1.82) is 0 Å². The van der Waals surface area contributed by atoms with Crippen molar-refractivity contribution in [3.8, 4) is 0 Å². The number of aliphatic hydroxyl groups excluding tert-OH is 1. The molecule has 5 rings (SSSR count). The van der Waals surface area contributed by atoms with Gasteiger partial charge < -0.3 is 9.52 Å². The molecule has 0 saturated heterocycles. The van der Waals surface area contributed by atoms with Gasteiger partial charge in [0, 0.05) is 15.8 Å². The van der Waals surface area contributed by atoms with Crippen molar-refractivity contribution >= 4 is 42.6 Å². The number of halogens is 1. The summed E-state index contributed by atoms with van der Waals surface area (Å²) in [7, 11) is -4.04. The SMILES string of the molecule is CC[C@H]1C(O)N(S(=O)(=O)c2ccc(C)cc2)c2c(oc3ccccc23)[C@@H]1c1ccc(Br)cc1. The topological polar surface area (TPSA) is 70.8 Å². The number of anilines is 1. The second kappa shape index (κ2) is 8.31. The third kappa shape index (κ3) is 3.59. The zero-order chi connectivity index (χ0) is 23.3. The summed E-state index contributed by atoms with van der Waals surface area (Å²) < 4.78 is 36.2. The number of furan rings is 1. The minimum Gasteiger partial charge on any atom is -0.458 e. The van der Waals surface area contributed by atoms with E-state index in [1.54, 1.807) is 24.3 Å². The number of nitrogens with zero attached hydrogens (tertiary/aromatic N) is 1. The van der Waals surface area contributed by atoms with Crippen molar-refractivity contribution in [1.82, 2.24) is 0 Å². The molecule has 0 amide bonds. The van der Waals surface area contributed by atoms with E-state index < -0.39 is 16.3 Å². The monoisotopic (exact) mass is 525 g/mol. The number of hydrogen-bond donors (Lipinski definition) is 1. The van der Waals surface area contributed by atoms with E-state index in [2.05, 4.69) is 15.9 Å². The minimum absolute atomic E-state index is 0.139. The zero-order valence-corrected chi connectivity index (χ0v) is 20.7. The second-order valence-corrected chi connectivity index (χ2v) is 11.2. The summed E-state index contributed by atoms with van der Waals surface area (Å²) in [5, 5.41) is 12.3. The lowest BCUT2D eigenvalue weighted by molar-refractivity contribution is 0.0941. The van der Waals surface area contributed by atoms with Crippen LogP contribution in [0.25, 0.3) is 11.0 Å². The first kappa shape index (κ1) is 22.2. The average Bonchev–Trinajstić information content (AvgIpc) is 3.18. The van der Waals surface area contributed by atoms with Crippen LogP contribution >= 0.6 is 15.9 Å². The third-order valence-corrected chi connectivity index (χ3v) is 8.74. The highest BCUT2D eigenvalue weighted by Crippen LogP contribution is 2.52. The Bertz CT molecular complexity index is 1410. The Labute approximate surface area is 201 Å². The van der Waals surface area contributed by atoms with E-state index in [9.17, 15) is 13.5 Å². The normalized spacial score (nSPS) is 20.7. The molecule has 0 radical (unpaired) electrons. The Morgan fingerprint density at radius 1 is 1.00 bits per heavy atom. The molecule has 4 aromatic rings. The molecule has 5 nitrogen and oxygen atoms in total. The van der Waals surface area contributed by atoms with Crippen LogP contribution in [0.3, 0.4) is 0 Å². The summed E-state index contributed by atoms with van der Waals surface area (Å²) >= 11 is 3.48. The highest BCUT2D eigenvalue weighted by molar-refractivity contribution is 9.10. The maximum Gasteiger partial charge on any atom is 0.266 e. The summed E-state index contributed by atoms with van der Waals surface area (Å²) in [6, 6.07) is 22.0. The molecule has 1 unspecified atom stereocenters. The van der Waals surface area contributed by atoms with Gasteiger partial charge in [-0.15, -0.1) is 0 Å². The van der Waals surface area contributed by atoms with Crippen LogP contribution < -0.4 is 4.31 Å². The van der Waals surface area contributed by atoms with E-state index in [0.29, 0.717) is 28.8 Å². The van der Waals surface area contributed by atoms with Crippen LogP contribution in [0.15, 0.2) is 86.6 Å². The molecule has 3 aromatic carbocycles. The van der Waals surface area contributed by atoms with Crippen molar-refractivity contribution in [3.05, 3.63) is 94.2 Å². The van der Waals surface area contributed by atoms with E-state index in [-0.39, 0.29) is 16.7 Å². The Kier molecular flexibility index (Phi) is 5.59. The molecule has 3 atom stereocenters. The lowest BCUT2D eigenvalue weighted by atomic mass is 9.78. The van der Waals surface area contributed by atoms with Gasteiger partial charge in [-0.05, 0) is 55.3 Å². The van der Waals surface area contributed by atoms with E-state index in [4.69, 9.17) is 4.42 Å². The van der Waals surface area contributed by atoms with Gasteiger partial charge in [-0.25, -0.2) is 12.7 Å². The Morgan fingerprint density at radius 3 is 2.33 bits per heavy atom. The van der Waals surface area contributed by atoms with Crippen LogP contribution in [-0.2, 0) is 10.0 Å². The number of hydrogen-bond acceptors (Lipinski definition) is 4. The van der Waals surface area contributed by atoms with Crippen molar-refractivity contribution in [2.75, 3.05) is 4.31 Å². The number of aryl methyl sites for hydroxylation is 1. The number of aliphatic hydroxyl groups is 1. The summed E-state index contributed by atoms with van der Waals surface area (Å²) in [6.07, 6.45) is -0.679. The fourth-order valence-corrected chi connectivity index (χ4v) is 6.60. The lowest BCUT2D eigenvalue weighted by Crippen LogP contribution is -2.49. The maximum atomic E-state index is 13.9. The fraction of sp³-hybridized carbons (Fsp3) is 0.231. The van der Waals surface area contributed by atoms with Gasteiger partial charge >= 0.3 is 0 Å². The van der Waals surface area contributed by atoms with Gasteiger partial charge in [0.15, 0.2) is 0 Å². The molecule has 7 heteroatoms. The van der Waals surface area contributed by atoms with Crippen molar-refractivity contribution in [2.45, 2.75) is 37.3 Å². The van der Waals surface area contributed by atoms with Gasteiger partial charge in [0.05, 0.1) is 10.8 Å². The summed E-state index contributed by atoms with van der Waals surface area (Å²) in [4.78, 5) is 0.139. The van der Waals surface area contributed by atoms with Gasteiger partial charge in [0.2, 0.25) is 0 Å². The highest BCUT2D eigenvalue weighted by Gasteiger charge is 2.48. The van der Waals surface area contributed by atoms with E-state index in [1.165, 1.54) is 4.31 Å². The predicted octanol–water partition coefficient (Wildman–Crippen LogP) is 6.19. The molecule has 1 aliphatic heterocycles. The van der Waals surface area contributed by atoms with Crippen LogP contribution in [0.5, 0.6) is 0 Å². The third-order valence-electron chi connectivity index (χ3n) is 6.43. The second-order valence-electron chi connectivity index (χ2n) is 8.44. The number of rotatable bonds is 4. The molecule has 1 aliphatic rings. The van der Waals surface area contributed by atoms with Crippen molar-refractivity contribution < 1.29 is 17.9 Å². The summed E-state index contributed by atoms with van der Waals surface area (Å²) in [6.45, 7) is 3.87. The smallest absolute Gasteiger partial charge is 0.266 e. The van der Waals surface area contributed by atoms with Crippen LogP contribution in [0.2, 0.25) is 0 Å². The van der Waals surface area contributed by atoms with E-state index >= 15 is 0 Å². The van der Waals surface area contributed by atoms with Crippen LogP contribution in [0.1, 0.15) is 36.1 Å². The molecule has 1 N–H and O–H groups in total. The molecule has 170 valence electrons. The fourth-order valence-electron chi connectivity index (χ4n) is 4.76. The molecule has 1 aromatic heterocycles. The standard InChI is InChI=1S/C26H24BrNO4S/c1-3-20-23(17-10-12-18(27)13-11-17)25-24(21-6-4-5-7-22(21)32-25)28(26(20)29)33(30,31)19-14-8-16(2)9-15-19/h4-15,20,23,26,29H,3H2,1-2H3/t20-,23-,26?/m1/s1. The number of fused-ring (bicyclic) bond motifs is 3. The van der Waals surface area contributed by atoms with Gasteiger partial charge in [-0.1, -0.05) is 64.8 Å². The van der Waals surface area contributed by atoms with Gasteiger partial charge in [0.25, 0.3) is 10.0 Å². The molecule has 2 heterocycles. The summed E-state index contributed by atoms with van der Waals surface area (Å²) in [5.41, 5.74) is 2.94. The molecule has 0 aliphatic carbocycles. The first-order chi connectivity index (χ1) is 15.8. The van der Waals surface area contributed by atoms with Crippen molar-refractivity contribution in [2.24, 2.45) is 5.92 Å². The first-order valence-electron chi connectivity index (χ1n) is 10.9. The Balaban J connectivity index is 1.79. The van der Waals surface area contributed by atoms with E-state index in [1.807, 2.05) is 62.4 Å². The zero-order valence-electron chi connectivity index (χ0n) is 18.3. The quantitative estimate of drug-likeness (QED) is 0.344. The molecular formula is C26H24BrNO4S. The minimum atomic E-state index is -4.04. The molecular weight excluding hydrogens is 502 g/mol. The largest absolute Gasteiger partial charge is 0.458 e. The van der Waals surface area contributed by atoms with Crippen LogP contribution in [-0.4, -0.2) is 19.8 Å². The van der Waals surface area contributed by atoms with Crippen LogP contribution in [0, 0.1) is 12.8 Å². The molecule has 33 heavy (non-hydrogen) atoms. The molecule has 0 spiro atoms. The maximum absolute atomic E-state index is 13.9. The average molecular weight is 526 g/mol. The Hall–Kier alpha value is -2.61. The molecule has 0 bridgehead atoms. The lowest BCUT2D eigenvalue weighted by Gasteiger charge is -2.42. The summed E-state index contributed by atoms with van der Waals surface area (Å²) in [5.74, 6) is -0.115.